The summed E-state index contributed by atoms with van der Waals surface area (Å²) in [5.41, 5.74) is 6.11. The first-order valence-electron chi connectivity index (χ1n) is 10.3. The number of rotatable bonds is 7. The summed E-state index contributed by atoms with van der Waals surface area (Å²) in [6, 6.07) is 18.0. The van der Waals surface area contributed by atoms with Crippen molar-refractivity contribution in [1.29, 1.82) is 0 Å². The first-order valence-corrected chi connectivity index (χ1v) is 11.4. The van der Waals surface area contributed by atoms with Crippen LogP contribution in [0.5, 0.6) is 0 Å². The van der Waals surface area contributed by atoms with Crippen LogP contribution < -0.4 is 0 Å². The standard InChI is InChI=1S/C24H27N5OS/c1-16-20(17(2)29(27-16)19-10-6-5-7-11-19)14-28(4)23(30)15-31-18(3)24-25-21-12-8-9-13-22(21)26-24/h5-13,18H,14-15H2,1-4H3,(H,25,26). The number of aryl methyl sites for hydroxylation is 1. The molecule has 0 aliphatic carbocycles. The summed E-state index contributed by atoms with van der Waals surface area (Å²) in [4.78, 5) is 22.6. The van der Waals surface area contributed by atoms with Gasteiger partial charge in [-0.1, -0.05) is 30.3 Å². The Hall–Kier alpha value is -3.06. The molecule has 0 saturated carbocycles. The van der Waals surface area contributed by atoms with Crippen LogP contribution in [0.4, 0.5) is 0 Å². The Labute approximate surface area is 186 Å². The maximum atomic E-state index is 12.8. The van der Waals surface area contributed by atoms with Crippen LogP contribution in [0.15, 0.2) is 54.6 Å². The van der Waals surface area contributed by atoms with Gasteiger partial charge in [0.05, 0.1) is 33.4 Å². The Morgan fingerprint density at radius 3 is 2.58 bits per heavy atom. The van der Waals surface area contributed by atoms with Gasteiger partial charge >= 0.3 is 0 Å². The molecule has 1 amide bonds. The number of nitrogens with zero attached hydrogens (tertiary/aromatic N) is 4. The maximum absolute atomic E-state index is 12.8. The van der Waals surface area contributed by atoms with E-state index in [4.69, 9.17) is 0 Å². The lowest BCUT2D eigenvalue weighted by atomic mass is 10.2. The highest BCUT2D eigenvalue weighted by Crippen LogP contribution is 2.28. The molecular weight excluding hydrogens is 406 g/mol. The SMILES string of the molecule is Cc1nn(-c2ccccc2)c(C)c1CN(C)C(=O)CSC(C)c1nc2ccccc2[nH]1. The molecule has 1 unspecified atom stereocenters. The van der Waals surface area contributed by atoms with Crippen molar-refractivity contribution in [2.24, 2.45) is 0 Å². The highest BCUT2D eigenvalue weighted by Gasteiger charge is 2.19. The molecule has 4 rings (SSSR count). The van der Waals surface area contributed by atoms with Crippen LogP contribution in [-0.4, -0.2) is 43.4 Å². The van der Waals surface area contributed by atoms with Gasteiger partial charge in [0, 0.05) is 24.8 Å². The summed E-state index contributed by atoms with van der Waals surface area (Å²) in [7, 11) is 1.85. The lowest BCUT2D eigenvalue weighted by Gasteiger charge is -2.18. The molecule has 2 heterocycles. The summed E-state index contributed by atoms with van der Waals surface area (Å²) in [5, 5.41) is 4.79. The predicted molar refractivity (Wildman–Crippen MR) is 126 cm³/mol. The van der Waals surface area contributed by atoms with Gasteiger partial charge < -0.3 is 9.88 Å². The van der Waals surface area contributed by atoms with Gasteiger partial charge in [-0.15, -0.1) is 11.8 Å². The van der Waals surface area contributed by atoms with Gasteiger partial charge in [0.1, 0.15) is 5.82 Å². The van der Waals surface area contributed by atoms with Crippen LogP contribution in [0, 0.1) is 13.8 Å². The zero-order valence-corrected chi connectivity index (χ0v) is 19.1. The minimum atomic E-state index is 0.0965. The van der Waals surface area contributed by atoms with E-state index in [0.717, 1.165) is 39.5 Å². The molecule has 0 aliphatic heterocycles. The fourth-order valence-corrected chi connectivity index (χ4v) is 4.48. The van der Waals surface area contributed by atoms with Crippen LogP contribution in [-0.2, 0) is 11.3 Å². The number of imidazole rings is 1. The molecule has 0 spiro atoms. The van der Waals surface area contributed by atoms with E-state index in [0.29, 0.717) is 12.3 Å². The number of amides is 1. The van der Waals surface area contributed by atoms with Crippen molar-refractivity contribution in [2.75, 3.05) is 12.8 Å². The Bertz CT molecular complexity index is 1160. The minimum absolute atomic E-state index is 0.0965. The van der Waals surface area contributed by atoms with Crippen molar-refractivity contribution < 1.29 is 4.79 Å². The smallest absolute Gasteiger partial charge is 0.232 e. The first-order chi connectivity index (χ1) is 14.9. The molecule has 6 nitrogen and oxygen atoms in total. The van der Waals surface area contributed by atoms with Gasteiger partial charge in [0.25, 0.3) is 0 Å². The number of hydrogen-bond donors (Lipinski definition) is 1. The number of aromatic amines is 1. The number of thioether (sulfide) groups is 1. The third-order valence-electron chi connectivity index (χ3n) is 5.51. The first kappa shape index (κ1) is 21.2. The van der Waals surface area contributed by atoms with Gasteiger partial charge in [-0.3, -0.25) is 4.79 Å². The van der Waals surface area contributed by atoms with Crippen LogP contribution in [0.1, 0.15) is 34.9 Å². The third-order valence-corrected chi connectivity index (χ3v) is 6.65. The molecule has 160 valence electrons. The normalized spacial score (nSPS) is 12.3. The summed E-state index contributed by atoms with van der Waals surface area (Å²) in [6.45, 7) is 6.67. The molecule has 7 heteroatoms. The van der Waals surface area contributed by atoms with Gasteiger partial charge in [-0.2, -0.15) is 5.10 Å². The number of hydrogen-bond acceptors (Lipinski definition) is 4. The van der Waals surface area contributed by atoms with E-state index < -0.39 is 0 Å². The van der Waals surface area contributed by atoms with Gasteiger partial charge in [0.2, 0.25) is 5.91 Å². The van der Waals surface area contributed by atoms with Crippen molar-refractivity contribution in [3.63, 3.8) is 0 Å². The van der Waals surface area contributed by atoms with E-state index in [-0.39, 0.29) is 11.2 Å². The molecule has 1 atom stereocenters. The lowest BCUT2D eigenvalue weighted by molar-refractivity contribution is -0.127. The molecule has 1 N–H and O–H groups in total. The quantitative estimate of drug-likeness (QED) is 0.454. The largest absolute Gasteiger partial charge is 0.341 e. The van der Waals surface area contributed by atoms with Crippen molar-refractivity contribution in [1.82, 2.24) is 24.6 Å². The number of carbonyl (C=O) groups is 1. The second-order valence-corrected chi connectivity index (χ2v) is 9.07. The van der Waals surface area contributed by atoms with E-state index in [2.05, 4.69) is 28.9 Å². The number of H-pyrrole nitrogens is 1. The topological polar surface area (TPSA) is 66.8 Å². The number of para-hydroxylation sites is 3. The molecule has 2 aromatic carbocycles. The summed E-state index contributed by atoms with van der Waals surface area (Å²) < 4.78 is 1.95. The van der Waals surface area contributed by atoms with Gasteiger partial charge in [0.15, 0.2) is 0 Å². The summed E-state index contributed by atoms with van der Waals surface area (Å²) in [6.07, 6.45) is 0. The number of aromatic nitrogens is 4. The third kappa shape index (κ3) is 4.51. The Balaban J connectivity index is 1.39. The van der Waals surface area contributed by atoms with Gasteiger partial charge in [-0.05, 0) is 45.0 Å². The minimum Gasteiger partial charge on any atom is -0.341 e. The molecule has 0 radical (unpaired) electrons. The van der Waals surface area contributed by atoms with E-state index in [1.54, 1.807) is 16.7 Å². The van der Waals surface area contributed by atoms with Crippen molar-refractivity contribution in [2.45, 2.75) is 32.6 Å². The van der Waals surface area contributed by atoms with E-state index >= 15 is 0 Å². The van der Waals surface area contributed by atoms with E-state index in [1.165, 1.54) is 0 Å². The van der Waals surface area contributed by atoms with Crippen LogP contribution in [0.2, 0.25) is 0 Å². The predicted octanol–water partition coefficient (Wildman–Crippen LogP) is 4.82. The molecule has 0 fully saturated rings. The van der Waals surface area contributed by atoms with Crippen molar-refractivity contribution >= 4 is 28.7 Å². The van der Waals surface area contributed by atoms with Crippen LogP contribution in [0.3, 0.4) is 0 Å². The highest BCUT2D eigenvalue weighted by atomic mass is 32.2. The number of benzene rings is 2. The average Bonchev–Trinajstić information content (AvgIpc) is 3.34. The molecule has 0 bridgehead atoms. The lowest BCUT2D eigenvalue weighted by Crippen LogP contribution is -2.28. The summed E-state index contributed by atoms with van der Waals surface area (Å²) >= 11 is 1.60. The fraction of sp³-hybridized carbons (Fsp3) is 0.292. The molecule has 0 saturated heterocycles. The Kier molecular flexibility index (Phi) is 6.13. The van der Waals surface area contributed by atoms with E-state index in [1.807, 2.05) is 73.3 Å². The van der Waals surface area contributed by atoms with Gasteiger partial charge in [-0.25, -0.2) is 9.67 Å². The molecule has 31 heavy (non-hydrogen) atoms. The zero-order valence-electron chi connectivity index (χ0n) is 18.3. The van der Waals surface area contributed by atoms with Crippen LogP contribution in [0.25, 0.3) is 16.7 Å². The van der Waals surface area contributed by atoms with Crippen molar-refractivity contribution in [3.8, 4) is 5.69 Å². The molecule has 2 aromatic heterocycles. The van der Waals surface area contributed by atoms with E-state index in [9.17, 15) is 4.79 Å². The highest BCUT2D eigenvalue weighted by molar-refractivity contribution is 8.00. The molecule has 0 aliphatic rings. The molecular formula is C24H27N5OS. The second kappa shape index (κ2) is 8.98. The number of carbonyl (C=O) groups excluding carboxylic acids is 1. The molecule has 4 aromatic rings. The summed E-state index contributed by atoms with van der Waals surface area (Å²) in [5.74, 6) is 1.40. The monoisotopic (exact) mass is 433 g/mol. The fourth-order valence-electron chi connectivity index (χ4n) is 3.60. The average molecular weight is 434 g/mol. The Morgan fingerprint density at radius 2 is 1.84 bits per heavy atom. The Morgan fingerprint density at radius 1 is 1.13 bits per heavy atom. The van der Waals surface area contributed by atoms with Crippen LogP contribution >= 0.6 is 11.8 Å². The van der Waals surface area contributed by atoms with Crippen molar-refractivity contribution in [3.05, 3.63) is 77.4 Å². The number of nitrogens with one attached hydrogen (secondary N) is 1. The maximum Gasteiger partial charge on any atom is 0.232 e. The number of fused-ring (bicyclic) bond motifs is 1. The second-order valence-electron chi connectivity index (χ2n) is 7.74. The zero-order chi connectivity index (χ0) is 22.0.